The molecular weight excluding hydrogens is 314 g/mol. The number of halogens is 1. The first-order chi connectivity index (χ1) is 9.42. The predicted molar refractivity (Wildman–Crippen MR) is 88.1 cm³/mol. The molecule has 1 aliphatic carbocycles. The molecule has 1 unspecified atom stereocenters. The summed E-state index contributed by atoms with van der Waals surface area (Å²) in [4.78, 5) is 6.85. The van der Waals surface area contributed by atoms with Crippen molar-refractivity contribution in [1.82, 2.24) is 0 Å². The summed E-state index contributed by atoms with van der Waals surface area (Å²) in [5, 5.41) is 0. The third kappa shape index (κ3) is 2.34. The second-order valence-corrected chi connectivity index (χ2v) is 7.82. The number of hydrogen-bond donors (Lipinski definition) is 1. The molecule has 0 bridgehead atoms. The standard InChI is InChI=1S/C16H22BrN3/c1-15(2)7-4-8-16(10-15)11-19-14(18)20(16)13-6-3-5-12(17)9-13/h3,5-6,9H,4,7-8,10-11H2,1-2H3,(H2,18,19). The number of benzene rings is 1. The molecule has 0 aromatic heterocycles. The van der Waals surface area contributed by atoms with E-state index in [0.29, 0.717) is 11.4 Å². The lowest BCUT2D eigenvalue weighted by Gasteiger charge is -2.48. The molecule has 0 radical (unpaired) electrons. The average Bonchev–Trinajstić information content (AvgIpc) is 2.64. The fraction of sp³-hybridized carbons (Fsp3) is 0.562. The molecule has 3 nitrogen and oxygen atoms in total. The molecule has 108 valence electrons. The molecule has 4 heteroatoms. The van der Waals surface area contributed by atoms with E-state index >= 15 is 0 Å². The van der Waals surface area contributed by atoms with Crippen LogP contribution in [0, 0.1) is 5.41 Å². The van der Waals surface area contributed by atoms with Gasteiger partial charge in [-0.15, -0.1) is 0 Å². The molecule has 1 aromatic rings. The minimum atomic E-state index is 0.0760. The molecule has 1 atom stereocenters. The van der Waals surface area contributed by atoms with Gasteiger partial charge in [-0.1, -0.05) is 42.3 Å². The Kier molecular flexibility index (Phi) is 3.32. The van der Waals surface area contributed by atoms with Gasteiger partial charge in [0.15, 0.2) is 5.96 Å². The van der Waals surface area contributed by atoms with Gasteiger partial charge in [0, 0.05) is 10.2 Å². The fourth-order valence-corrected chi connectivity index (χ4v) is 4.31. The summed E-state index contributed by atoms with van der Waals surface area (Å²) < 4.78 is 1.08. The van der Waals surface area contributed by atoms with Gasteiger partial charge in [0.1, 0.15) is 0 Å². The highest BCUT2D eigenvalue weighted by molar-refractivity contribution is 9.10. The largest absolute Gasteiger partial charge is 0.369 e. The van der Waals surface area contributed by atoms with Crippen molar-refractivity contribution in [3.05, 3.63) is 28.7 Å². The summed E-state index contributed by atoms with van der Waals surface area (Å²) in [6.45, 7) is 5.55. The lowest BCUT2D eigenvalue weighted by Crippen LogP contribution is -2.55. The van der Waals surface area contributed by atoms with Crippen molar-refractivity contribution in [2.24, 2.45) is 16.1 Å². The minimum absolute atomic E-state index is 0.0760. The van der Waals surface area contributed by atoms with Crippen molar-refractivity contribution in [3.63, 3.8) is 0 Å². The van der Waals surface area contributed by atoms with Gasteiger partial charge in [-0.25, -0.2) is 0 Å². The normalized spacial score (nSPS) is 28.8. The van der Waals surface area contributed by atoms with Crippen LogP contribution < -0.4 is 10.6 Å². The summed E-state index contributed by atoms with van der Waals surface area (Å²) in [6.07, 6.45) is 4.87. The van der Waals surface area contributed by atoms with E-state index in [-0.39, 0.29) is 5.54 Å². The van der Waals surface area contributed by atoms with Crippen LogP contribution in [0.4, 0.5) is 5.69 Å². The van der Waals surface area contributed by atoms with Crippen molar-refractivity contribution in [3.8, 4) is 0 Å². The van der Waals surface area contributed by atoms with Crippen LogP contribution in [-0.4, -0.2) is 18.0 Å². The molecule has 2 N–H and O–H groups in total. The molecule has 3 rings (SSSR count). The quantitative estimate of drug-likeness (QED) is 0.844. The zero-order valence-corrected chi connectivity index (χ0v) is 13.8. The molecule has 20 heavy (non-hydrogen) atoms. The Morgan fingerprint density at radius 2 is 2.10 bits per heavy atom. The Morgan fingerprint density at radius 3 is 2.80 bits per heavy atom. The molecule has 0 saturated heterocycles. The monoisotopic (exact) mass is 335 g/mol. The van der Waals surface area contributed by atoms with E-state index in [1.807, 2.05) is 6.07 Å². The van der Waals surface area contributed by atoms with Crippen LogP contribution in [0.2, 0.25) is 0 Å². The second-order valence-electron chi connectivity index (χ2n) is 6.91. The van der Waals surface area contributed by atoms with Gasteiger partial charge < -0.3 is 10.6 Å². The van der Waals surface area contributed by atoms with Gasteiger partial charge in [-0.05, 0) is 42.9 Å². The smallest absolute Gasteiger partial charge is 0.196 e. The fourth-order valence-electron chi connectivity index (χ4n) is 3.92. The van der Waals surface area contributed by atoms with Crippen molar-refractivity contribution >= 4 is 27.6 Å². The summed E-state index contributed by atoms with van der Waals surface area (Å²) in [7, 11) is 0. The SMILES string of the molecule is CC1(C)CCCC2(CN=C(N)N2c2cccc(Br)c2)C1. The first-order valence-electron chi connectivity index (χ1n) is 7.28. The van der Waals surface area contributed by atoms with Crippen molar-refractivity contribution in [1.29, 1.82) is 0 Å². The highest BCUT2D eigenvalue weighted by atomic mass is 79.9. The lowest BCUT2D eigenvalue weighted by molar-refractivity contribution is 0.163. The Labute approximate surface area is 129 Å². The van der Waals surface area contributed by atoms with E-state index in [0.717, 1.165) is 23.1 Å². The molecule has 0 amide bonds. The summed E-state index contributed by atoms with van der Waals surface area (Å²) in [5.41, 5.74) is 7.80. The molecule has 1 fully saturated rings. The van der Waals surface area contributed by atoms with Crippen LogP contribution in [0.25, 0.3) is 0 Å². The number of rotatable bonds is 1. The summed E-state index contributed by atoms with van der Waals surface area (Å²) in [6, 6.07) is 8.37. The third-order valence-corrected chi connectivity index (χ3v) is 5.10. The van der Waals surface area contributed by atoms with E-state index in [9.17, 15) is 0 Å². The predicted octanol–water partition coefficient (Wildman–Crippen LogP) is 3.92. The highest BCUT2D eigenvalue weighted by Gasteiger charge is 2.48. The lowest BCUT2D eigenvalue weighted by atomic mass is 9.67. The van der Waals surface area contributed by atoms with Crippen molar-refractivity contribution in [2.75, 3.05) is 11.4 Å². The van der Waals surface area contributed by atoms with Crippen molar-refractivity contribution in [2.45, 2.75) is 45.1 Å². The van der Waals surface area contributed by atoms with Gasteiger partial charge in [0.05, 0.1) is 12.1 Å². The van der Waals surface area contributed by atoms with Gasteiger partial charge >= 0.3 is 0 Å². The number of guanidine groups is 1. The highest BCUT2D eigenvalue weighted by Crippen LogP contribution is 2.47. The molecule has 1 aliphatic heterocycles. The first-order valence-corrected chi connectivity index (χ1v) is 8.07. The summed E-state index contributed by atoms with van der Waals surface area (Å²) >= 11 is 3.56. The van der Waals surface area contributed by atoms with Gasteiger partial charge in [0.25, 0.3) is 0 Å². The van der Waals surface area contributed by atoms with E-state index < -0.39 is 0 Å². The van der Waals surface area contributed by atoms with Crippen molar-refractivity contribution < 1.29 is 0 Å². The number of hydrogen-bond acceptors (Lipinski definition) is 3. The average molecular weight is 336 g/mol. The molecule has 1 saturated carbocycles. The van der Waals surface area contributed by atoms with E-state index in [1.165, 1.54) is 19.3 Å². The van der Waals surface area contributed by atoms with Gasteiger partial charge in [0.2, 0.25) is 0 Å². The van der Waals surface area contributed by atoms with Gasteiger partial charge in [-0.2, -0.15) is 0 Å². The molecule has 1 heterocycles. The zero-order chi connectivity index (χ0) is 14.4. The van der Waals surface area contributed by atoms with Crippen LogP contribution in [0.15, 0.2) is 33.7 Å². The Bertz CT molecular complexity index is 552. The van der Waals surface area contributed by atoms with Gasteiger partial charge in [-0.3, -0.25) is 4.99 Å². The number of aliphatic imine (C=N–C) groups is 1. The third-order valence-electron chi connectivity index (χ3n) is 4.61. The maximum Gasteiger partial charge on any atom is 0.196 e. The molecule has 2 aliphatic rings. The second kappa shape index (κ2) is 4.76. The van der Waals surface area contributed by atoms with E-state index in [1.54, 1.807) is 0 Å². The maximum atomic E-state index is 6.22. The number of nitrogens with zero attached hydrogens (tertiary/aromatic N) is 2. The van der Waals surface area contributed by atoms with Crippen LogP contribution in [0.1, 0.15) is 39.5 Å². The van der Waals surface area contributed by atoms with Crippen LogP contribution >= 0.6 is 15.9 Å². The zero-order valence-electron chi connectivity index (χ0n) is 12.2. The Hall–Kier alpha value is -1.03. The van der Waals surface area contributed by atoms with E-state index in [4.69, 9.17) is 5.73 Å². The van der Waals surface area contributed by atoms with Crippen LogP contribution in [0.3, 0.4) is 0 Å². The molecule has 1 spiro atoms. The van der Waals surface area contributed by atoms with Crippen LogP contribution in [0.5, 0.6) is 0 Å². The van der Waals surface area contributed by atoms with Crippen LogP contribution in [-0.2, 0) is 0 Å². The maximum absolute atomic E-state index is 6.22. The Morgan fingerprint density at radius 1 is 1.30 bits per heavy atom. The first kappa shape index (κ1) is 13.9. The topological polar surface area (TPSA) is 41.6 Å². The molecular formula is C16H22BrN3. The molecule has 1 aromatic carbocycles. The number of anilines is 1. The summed E-state index contributed by atoms with van der Waals surface area (Å²) in [5.74, 6) is 0.667. The minimum Gasteiger partial charge on any atom is -0.369 e. The van der Waals surface area contributed by atoms with E-state index in [2.05, 4.69) is 57.9 Å². The number of nitrogens with two attached hydrogens (primary N) is 1. The Balaban J connectivity index is 2.00.